The van der Waals surface area contributed by atoms with Gasteiger partial charge in [0.05, 0.1) is 0 Å². The molecule has 6 nitrogen and oxygen atoms in total. The van der Waals surface area contributed by atoms with Crippen molar-refractivity contribution < 1.29 is 69.6 Å². The van der Waals surface area contributed by atoms with Crippen molar-refractivity contribution in [2.45, 2.75) is 159 Å². The van der Waals surface area contributed by atoms with Gasteiger partial charge in [-0.25, -0.2) is 0 Å². The monoisotopic (exact) mass is 671 g/mol. The number of rotatable bonds is 18. The van der Waals surface area contributed by atoms with Crippen LogP contribution in [0.15, 0.2) is 0 Å². The normalized spacial score (nSPS) is 11.3. The van der Waals surface area contributed by atoms with Crippen molar-refractivity contribution in [3.8, 4) is 0 Å². The van der Waals surface area contributed by atoms with Gasteiger partial charge in [0.25, 0.3) is 0 Å². The van der Waals surface area contributed by atoms with Gasteiger partial charge in [-0.3, -0.25) is 0 Å². The fourth-order valence-corrected chi connectivity index (χ4v) is 3.29. The Morgan fingerprint density at radius 3 is 0.757 bits per heavy atom. The molecule has 0 saturated heterocycles. The van der Waals surface area contributed by atoms with Gasteiger partial charge >= 0.3 is 39.9 Å². The molecule has 0 aromatic rings. The first kappa shape index (κ1) is 43.8. The maximum Gasteiger partial charge on any atom is 3.00 e. The molecule has 0 aliphatic heterocycles. The number of aliphatic carboxylic acids is 3. The Hall–Kier alpha value is -0.265. The van der Waals surface area contributed by atoms with Gasteiger partial charge in [0.2, 0.25) is 0 Å². The summed E-state index contributed by atoms with van der Waals surface area (Å²) in [5.74, 6) is -2.79. The zero-order chi connectivity index (χ0) is 28.8. The van der Waals surface area contributed by atoms with Crippen LogP contribution in [-0.2, 0) is 14.4 Å². The van der Waals surface area contributed by atoms with Crippen molar-refractivity contribution in [1.29, 1.82) is 0 Å². The van der Waals surface area contributed by atoms with Gasteiger partial charge in [-0.2, -0.15) is 0 Å². The van der Waals surface area contributed by atoms with Crippen LogP contribution in [0, 0.1) is 56.2 Å². The van der Waals surface area contributed by atoms with Gasteiger partial charge in [-0.1, -0.05) is 139 Å². The molecule has 221 valence electrons. The van der Waals surface area contributed by atoms with E-state index in [1.165, 1.54) is 38.5 Å². The van der Waals surface area contributed by atoms with Crippen molar-refractivity contribution in [2.24, 2.45) is 16.2 Å². The zero-order valence-electron chi connectivity index (χ0n) is 25.4. The van der Waals surface area contributed by atoms with Crippen LogP contribution in [-0.4, -0.2) is 17.9 Å². The summed E-state index contributed by atoms with van der Waals surface area (Å²) >= 11 is 0. The molecule has 0 aromatic carbocycles. The van der Waals surface area contributed by atoms with Crippen LogP contribution < -0.4 is 15.3 Å². The van der Waals surface area contributed by atoms with Gasteiger partial charge in [0.1, 0.15) is 0 Å². The molecule has 0 spiro atoms. The minimum Gasteiger partial charge on any atom is -0.550 e. The van der Waals surface area contributed by atoms with Crippen LogP contribution >= 0.6 is 0 Å². The van der Waals surface area contributed by atoms with E-state index >= 15 is 0 Å². The molecule has 7 heteroatoms. The van der Waals surface area contributed by atoms with E-state index in [-0.39, 0.29) is 39.9 Å². The Balaban J connectivity index is -0.000000218. The van der Waals surface area contributed by atoms with Crippen LogP contribution in [0.2, 0.25) is 0 Å². The van der Waals surface area contributed by atoms with E-state index < -0.39 is 34.2 Å². The smallest absolute Gasteiger partial charge is 0.550 e. The maximum atomic E-state index is 10.6. The standard InChI is InChI=1S/3C10H20O2.Gd/c3*1-4-5-6-7-8-10(2,3)9(11)12;/h3*4-8H2,1-3H3,(H,11,12);/q;;;+3/p-3. The van der Waals surface area contributed by atoms with Gasteiger partial charge < -0.3 is 29.7 Å². The average molecular weight is 671 g/mol. The van der Waals surface area contributed by atoms with E-state index in [4.69, 9.17) is 0 Å². The average Bonchev–Trinajstić information content (AvgIpc) is 2.78. The summed E-state index contributed by atoms with van der Waals surface area (Å²) in [6, 6.07) is 0. The summed E-state index contributed by atoms with van der Waals surface area (Å²) in [7, 11) is 0. The fourth-order valence-electron chi connectivity index (χ4n) is 3.29. The van der Waals surface area contributed by atoms with Crippen LogP contribution in [0.4, 0.5) is 0 Å². The van der Waals surface area contributed by atoms with Crippen molar-refractivity contribution >= 4 is 17.9 Å². The third kappa shape index (κ3) is 27.1. The van der Waals surface area contributed by atoms with E-state index in [0.717, 1.165) is 57.8 Å². The molecule has 0 atom stereocenters. The number of hydrogen-bond donors (Lipinski definition) is 0. The predicted molar refractivity (Wildman–Crippen MR) is 143 cm³/mol. The van der Waals surface area contributed by atoms with Crippen molar-refractivity contribution in [3.05, 3.63) is 0 Å². The Labute approximate surface area is 260 Å². The van der Waals surface area contributed by atoms with Gasteiger partial charge in [0.15, 0.2) is 0 Å². The van der Waals surface area contributed by atoms with E-state index in [1.807, 2.05) is 0 Å². The summed E-state index contributed by atoms with van der Waals surface area (Å²) in [6.45, 7) is 16.8. The third-order valence-electron chi connectivity index (χ3n) is 6.62. The molecule has 0 N–H and O–H groups in total. The first-order chi connectivity index (χ1) is 16.5. The molecular formula is C30H57GdO6. The molecule has 0 bridgehead atoms. The molecule has 0 aliphatic rings. The second-order valence-electron chi connectivity index (χ2n) is 11.9. The van der Waals surface area contributed by atoms with Crippen LogP contribution in [0.3, 0.4) is 0 Å². The zero-order valence-corrected chi connectivity index (χ0v) is 27.7. The van der Waals surface area contributed by atoms with Gasteiger partial charge in [-0.15, -0.1) is 0 Å². The SMILES string of the molecule is CCCCCCC(C)(C)C(=O)[O-].CCCCCCC(C)(C)C(=O)[O-].CCCCCCC(C)(C)C(=O)[O-].[Gd+3]. The molecule has 0 amide bonds. The molecule has 0 aromatic heterocycles. The molecule has 0 unspecified atom stereocenters. The minimum absolute atomic E-state index is 0. The van der Waals surface area contributed by atoms with Crippen LogP contribution in [0.5, 0.6) is 0 Å². The van der Waals surface area contributed by atoms with E-state index in [2.05, 4.69) is 20.8 Å². The molecule has 0 rings (SSSR count). The van der Waals surface area contributed by atoms with Crippen molar-refractivity contribution in [1.82, 2.24) is 0 Å². The Morgan fingerprint density at radius 1 is 0.432 bits per heavy atom. The topological polar surface area (TPSA) is 120 Å². The molecule has 0 aliphatic carbocycles. The molecule has 1 radical (unpaired) electrons. The maximum absolute atomic E-state index is 10.6. The second kappa shape index (κ2) is 24.8. The predicted octanol–water partition coefficient (Wildman–Crippen LogP) is 5.20. The van der Waals surface area contributed by atoms with Gasteiger partial charge in [-0.05, 0) is 19.3 Å². The number of carboxylic acids is 3. The summed E-state index contributed by atoms with van der Waals surface area (Å²) in [5, 5.41) is 31.7. The summed E-state index contributed by atoms with van der Waals surface area (Å²) < 4.78 is 0. The van der Waals surface area contributed by atoms with Crippen molar-refractivity contribution in [3.63, 3.8) is 0 Å². The molecule has 0 saturated carbocycles. The Kier molecular flexibility index (Phi) is 29.3. The quantitative estimate of drug-likeness (QED) is 0.185. The number of carbonyl (C=O) groups excluding carboxylic acids is 3. The number of carboxylic acid groups (broad SMARTS) is 3. The number of carbonyl (C=O) groups is 3. The molecule has 0 heterocycles. The third-order valence-corrected chi connectivity index (χ3v) is 6.62. The van der Waals surface area contributed by atoms with E-state index in [1.54, 1.807) is 41.5 Å². The number of hydrogen-bond acceptors (Lipinski definition) is 6. The van der Waals surface area contributed by atoms with Crippen LogP contribution in [0.1, 0.15) is 159 Å². The largest absolute Gasteiger partial charge is 3.00 e. The molecule has 0 fully saturated rings. The Bertz CT molecular complexity index is 504. The molecule has 37 heavy (non-hydrogen) atoms. The van der Waals surface area contributed by atoms with Gasteiger partial charge in [0, 0.05) is 34.2 Å². The second-order valence-corrected chi connectivity index (χ2v) is 11.9. The van der Waals surface area contributed by atoms with Crippen molar-refractivity contribution in [2.75, 3.05) is 0 Å². The first-order valence-electron chi connectivity index (χ1n) is 14.2. The fraction of sp³-hybridized carbons (Fsp3) is 0.900. The van der Waals surface area contributed by atoms with Crippen LogP contribution in [0.25, 0.3) is 0 Å². The van der Waals surface area contributed by atoms with E-state index in [9.17, 15) is 29.7 Å². The summed E-state index contributed by atoms with van der Waals surface area (Å²) in [5.41, 5.74) is -1.94. The summed E-state index contributed by atoms with van der Waals surface area (Å²) in [6.07, 6.45) is 15.7. The first-order valence-corrected chi connectivity index (χ1v) is 14.2. The number of unbranched alkanes of at least 4 members (excludes halogenated alkanes) is 9. The molecular weight excluding hydrogens is 614 g/mol. The summed E-state index contributed by atoms with van der Waals surface area (Å²) in [4.78, 5) is 31.7. The van der Waals surface area contributed by atoms with E-state index in [0.29, 0.717) is 0 Å². The Morgan fingerprint density at radius 2 is 0.622 bits per heavy atom. The minimum atomic E-state index is -0.931.